The molecule has 160 valence electrons. The Bertz CT molecular complexity index is 853. The van der Waals surface area contributed by atoms with Gasteiger partial charge in [0.15, 0.2) is 5.76 Å². The summed E-state index contributed by atoms with van der Waals surface area (Å²) < 4.78 is 18.3. The third-order valence-electron chi connectivity index (χ3n) is 6.01. The van der Waals surface area contributed by atoms with E-state index in [9.17, 15) is 14.0 Å². The van der Waals surface area contributed by atoms with Crippen LogP contribution in [-0.4, -0.2) is 65.8 Å². The molecule has 0 bridgehead atoms. The molecule has 6 nitrogen and oxygen atoms in total. The van der Waals surface area contributed by atoms with E-state index in [0.717, 1.165) is 51.0 Å². The van der Waals surface area contributed by atoms with Crippen molar-refractivity contribution in [3.8, 4) is 0 Å². The Morgan fingerprint density at radius 3 is 2.53 bits per heavy atom. The van der Waals surface area contributed by atoms with Crippen LogP contribution in [0.5, 0.6) is 0 Å². The van der Waals surface area contributed by atoms with Crippen molar-refractivity contribution in [2.45, 2.75) is 25.8 Å². The Morgan fingerprint density at radius 2 is 1.77 bits per heavy atom. The van der Waals surface area contributed by atoms with E-state index in [-0.39, 0.29) is 23.5 Å². The quantitative estimate of drug-likeness (QED) is 0.773. The van der Waals surface area contributed by atoms with Crippen LogP contribution in [0.15, 0.2) is 47.1 Å². The summed E-state index contributed by atoms with van der Waals surface area (Å²) in [6.45, 7) is 5.00. The molecular formula is C23H28FN3O3. The van der Waals surface area contributed by atoms with Gasteiger partial charge in [0.1, 0.15) is 5.82 Å². The van der Waals surface area contributed by atoms with E-state index < -0.39 is 0 Å². The fourth-order valence-corrected chi connectivity index (χ4v) is 4.37. The van der Waals surface area contributed by atoms with Gasteiger partial charge in [0, 0.05) is 45.8 Å². The number of nitrogens with zero attached hydrogens (tertiary/aromatic N) is 3. The minimum atomic E-state index is -0.224. The number of rotatable bonds is 4. The smallest absolute Gasteiger partial charge is 0.289 e. The van der Waals surface area contributed by atoms with Crippen LogP contribution >= 0.6 is 0 Å². The first-order valence-electron chi connectivity index (χ1n) is 10.7. The topological polar surface area (TPSA) is 57.0 Å². The number of benzene rings is 1. The number of likely N-dealkylation sites (tertiary alicyclic amines) is 1. The lowest BCUT2D eigenvalue weighted by Gasteiger charge is -2.34. The maximum Gasteiger partial charge on any atom is 0.289 e. The highest BCUT2D eigenvalue weighted by Gasteiger charge is 2.32. The van der Waals surface area contributed by atoms with E-state index in [1.165, 1.54) is 18.4 Å². The largest absolute Gasteiger partial charge is 0.459 e. The molecule has 7 heteroatoms. The Balaban J connectivity index is 1.32. The Kier molecular flexibility index (Phi) is 6.47. The van der Waals surface area contributed by atoms with Gasteiger partial charge in [-0.2, -0.15) is 0 Å². The number of hydrogen-bond acceptors (Lipinski definition) is 4. The van der Waals surface area contributed by atoms with Crippen molar-refractivity contribution in [1.29, 1.82) is 0 Å². The number of carbonyl (C=O) groups is 2. The molecule has 0 aliphatic carbocycles. The zero-order valence-electron chi connectivity index (χ0n) is 17.1. The van der Waals surface area contributed by atoms with E-state index in [1.807, 2.05) is 17.0 Å². The monoisotopic (exact) mass is 413 g/mol. The zero-order valence-corrected chi connectivity index (χ0v) is 17.1. The van der Waals surface area contributed by atoms with Gasteiger partial charge < -0.3 is 14.2 Å². The number of carbonyl (C=O) groups excluding carboxylic acids is 2. The first-order valence-corrected chi connectivity index (χ1v) is 10.7. The lowest BCUT2D eigenvalue weighted by Crippen LogP contribution is -2.47. The third kappa shape index (κ3) is 4.90. The maximum atomic E-state index is 13.2. The van der Waals surface area contributed by atoms with E-state index in [0.29, 0.717) is 25.4 Å². The van der Waals surface area contributed by atoms with Crippen molar-refractivity contribution >= 4 is 11.8 Å². The van der Waals surface area contributed by atoms with Gasteiger partial charge in [-0.05, 0) is 49.1 Å². The number of hydrogen-bond donors (Lipinski definition) is 0. The molecule has 2 saturated heterocycles. The van der Waals surface area contributed by atoms with Crippen molar-refractivity contribution in [3.05, 3.63) is 59.8 Å². The van der Waals surface area contributed by atoms with Gasteiger partial charge in [-0.25, -0.2) is 4.39 Å². The molecule has 1 aromatic heterocycles. The van der Waals surface area contributed by atoms with Crippen LogP contribution in [0, 0.1) is 11.7 Å². The lowest BCUT2D eigenvalue weighted by molar-refractivity contribution is -0.136. The number of halogens is 1. The molecule has 3 heterocycles. The predicted molar refractivity (Wildman–Crippen MR) is 110 cm³/mol. The SMILES string of the molecule is O=C(c1ccco1)N1CCCC(C(=O)N2CCCN(Cc3ccc(F)cc3)CC2)C1. The molecule has 0 N–H and O–H groups in total. The normalized spacial score (nSPS) is 20.8. The van der Waals surface area contributed by atoms with Gasteiger partial charge in [0.05, 0.1) is 12.2 Å². The standard InChI is InChI=1S/C23H28FN3O3/c24-20-8-6-18(7-9-20)16-25-10-3-12-26(14-13-25)22(28)19-4-1-11-27(17-19)23(29)21-5-2-15-30-21/h2,5-9,15,19H,1,3-4,10-14,16-17H2. The zero-order chi connectivity index (χ0) is 20.9. The van der Waals surface area contributed by atoms with E-state index in [4.69, 9.17) is 4.42 Å². The van der Waals surface area contributed by atoms with Crippen LogP contribution in [0.25, 0.3) is 0 Å². The molecule has 1 atom stereocenters. The summed E-state index contributed by atoms with van der Waals surface area (Å²) in [7, 11) is 0. The number of piperidine rings is 1. The van der Waals surface area contributed by atoms with Crippen LogP contribution in [0.1, 0.15) is 35.4 Å². The van der Waals surface area contributed by atoms with Gasteiger partial charge in [-0.15, -0.1) is 0 Å². The summed E-state index contributed by atoms with van der Waals surface area (Å²) in [5.74, 6) is -0.0384. The molecule has 0 spiro atoms. The molecule has 4 rings (SSSR count). The summed E-state index contributed by atoms with van der Waals surface area (Å²) in [5, 5.41) is 0. The molecule has 0 saturated carbocycles. The van der Waals surface area contributed by atoms with Crippen molar-refractivity contribution in [2.75, 3.05) is 39.3 Å². The van der Waals surface area contributed by atoms with Crippen LogP contribution in [0.2, 0.25) is 0 Å². The fraction of sp³-hybridized carbons (Fsp3) is 0.478. The van der Waals surface area contributed by atoms with Crippen LogP contribution in [-0.2, 0) is 11.3 Å². The molecular weight excluding hydrogens is 385 g/mol. The number of furan rings is 1. The van der Waals surface area contributed by atoms with Crippen molar-refractivity contribution in [1.82, 2.24) is 14.7 Å². The van der Waals surface area contributed by atoms with Crippen molar-refractivity contribution < 1.29 is 18.4 Å². The summed E-state index contributed by atoms with van der Waals surface area (Å²) in [6.07, 6.45) is 4.05. The second kappa shape index (κ2) is 9.43. The van der Waals surface area contributed by atoms with E-state index in [1.54, 1.807) is 17.0 Å². The minimum absolute atomic E-state index is 0.140. The molecule has 30 heavy (non-hydrogen) atoms. The summed E-state index contributed by atoms with van der Waals surface area (Å²) >= 11 is 0. The Labute approximate surface area is 176 Å². The van der Waals surface area contributed by atoms with E-state index in [2.05, 4.69) is 4.90 Å². The Hall–Kier alpha value is -2.67. The maximum absolute atomic E-state index is 13.2. The molecule has 2 aromatic rings. The highest BCUT2D eigenvalue weighted by molar-refractivity contribution is 5.92. The second-order valence-corrected chi connectivity index (χ2v) is 8.15. The van der Waals surface area contributed by atoms with Crippen LogP contribution in [0.4, 0.5) is 4.39 Å². The van der Waals surface area contributed by atoms with Crippen molar-refractivity contribution in [2.24, 2.45) is 5.92 Å². The average molecular weight is 413 g/mol. The van der Waals surface area contributed by atoms with E-state index >= 15 is 0 Å². The first kappa shape index (κ1) is 20.6. The van der Waals surface area contributed by atoms with Crippen molar-refractivity contribution in [3.63, 3.8) is 0 Å². The molecule has 2 fully saturated rings. The van der Waals surface area contributed by atoms with Gasteiger partial charge >= 0.3 is 0 Å². The van der Waals surface area contributed by atoms with Gasteiger partial charge in [0.2, 0.25) is 5.91 Å². The Morgan fingerprint density at radius 1 is 0.967 bits per heavy atom. The highest BCUT2D eigenvalue weighted by atomic mass is 19.1. The minimum Gasteiger partial charge on any atom is -0.459 e. The fourth-order valence-electron chi connectivity index (χ4n) is 4.37. The molecule has 0 radical (unpaired) electrons. The van der Waals surface area contributed by atoms with Gasteiger partial charge in [-0.3, -0.25) is 14.5 Å². The molecule has 1 aromatic carbocycles. The van der Waals surface area contributed by atoms with Gasteiger partial charge in [0.25, 0.3) is 5.91 Å². The van der Waals surface area contributed by atoms with Gasteiger partial charge in [-0.1, -0.05) is 12.1 Å². The first-order chi connectivity index (χ1) is 14.6. The molecule has 2 aliphatic rings. The molecule has 2 aliphatic heterocycles. The van der Waals surface area contributed by atoms with Crippen LogP contribution in [0.3, 0.4) is 0 Å². The summed E-state index contributed by atoms with van der Waals surface area (Å²) in [6, 6.07) is 9.97. The third-order valence-corrected chi connectivity index (χ3v) is 6.01. The lowest BCUT2D eigenvalue weighted by atomic mass is 9.96. The average Bonchev–Trinajstić information content (AvgIpc) is 3.21. The molecule has 1 unspecified atom stereocenters. The molecule has 2 amide bonds. The van der Waals surface area contributed by atoms with Crippen LogP contribution < -0.4 is 0 Å². The summed E-state index contributed by atoms with van der Waals surface area (Å²) in [5.41, 5.74) is 1.08. The highest BCUT2D eigenvalue weighted by Crippen LogP contribution is 2.22. The number of amides is 2. The predicted octanol–water partition coefficient (Wildman–Crippen LogP) is 3.01. The summed E-state index contributed by atoms with van der Waals surface area (Å²) in [4.78, 5) is 31.8. The second-order valence-electron chi connectivity index (χ2n) is 8.15.